The van der Waals surface area contributed by atoms with Crippen LogP contribution in [0.25, 0.3) is 5.57 Å². The summed E-state index contributed by atoms with van der Waals surface area (Å²) in [6.07, 6.45) is 2.42. The van der Waals surface area contributed by atoms with Crippen LogP contribution in [0.15, 0.2) is 60.7 Å². The zero-order chi connectivity index (χ0) is 19.9. The van der Waals surface area contributed by atoms with Gasteiger partial charge in [-0.3, -0.25) is 4.79 Å². The monoisotopic (exact) mass is 397 g/mol. The van der Waals surface area contributed by atoms with Crippen LogP contribution >= 0.6 is 11.6 Å². The number of nitrogens with zero attached hydrogens (tertiary/aromatic N) is 2. The lowest BCUT2D eigenvalue weighted by atomic mass is 10.1. The van der Waals surface area contributed by atoms with Crippen molar-refractivity contribution in [2.75, 3.05) is 31.5 Å². The van der Waals surface area contributed by atoms with Crippen molar-refractivity contribution in [3.8, 4) is 0 Å². The first-order valence-electron chi connectivity index (χ1n) is 9.37. The van der Waals surface area contributed by atoms with E-state index in [1.165, 1.54) is 0 Å². The van der Waals surface area contributed by atoms with E-state index in [1.807, 2.05) is 37.3 Å². The molecule has 1 N–H and O–H groups in total. The van der Waals surface area contributed by atoms with Crippen LogP contribution in [0.2, 0.25) is 5.02 Å². The smallest absolute Gasteiger partial charge is 0.321 e. The summed E-state index contributed by atoms with van der Waals surface area (Å²) in [5.74, 6) is -0.0153. The molecule has 1 aliphatic heterocycles. The lowest BCUT2D eigenvalue weighted by molar-refractivity contribution is -0.125. The molecule has 5 nitrogen and oxygen atoms in total. The molecule has 2 aromatic rings. The molecular formula is C22H24ClN3O2. The van der Waals surface area contributed by atoms with Crippen molar-refractivity contribution < 1.29 is 9.59 Å². The number of carbonyl (C=O) groups is 2. The van der Waals surface area contributed by atoms with Gasteiger partial charge < -0.3 is 15.1 Å². The summed E-state index contributed by atoms with van der Waals surface area (Å²) in [6, 6.07) is 16.7. The number of rotatable bonds is 3. The Kier molecular flexibility index (Phi) is 6.71. The second-order valence-electron chi connectivity index (χ2n) is 6.80. The third-order valence-corrected chi connectivity index (χ3v) is 4.97. The second-order valence-corrected chi connectivity index (χ2v) is 7.24. The quantitative estimate of drug-likeness (QED) is 0.774. The van der Waals surface area contributed by atoms with Crippen molar-refractivity contribution in [3.63, 3.8) is 0 Å². The van der Waals surface area contributed by atoms with Crippen LogP contribution in [0.4, 0.5) is 10.5 Å². The summed E-state index contributed by atoms with van der Waals surface area (Å²) in [5, 5.41) is 3.44. The number of allylic oxidation sites excluding steroid dienone is 1. The zero-order valence-electron chi connectivity index (χ0n) is 15.9. The van der Waals surface area contributed by atoms with E-state index in [0.29, 0.717) is 36.9 Å². The highest BCUT2D eigenvalue weighted by atomic mass is 35.5. The number of hydrogen-bond donors (Lipinski definition) is 1. The summed E-state index contributed by atoms with van der Waals surface area (Å²) >= 11 is 5.97. The Morgan fingerprint density at radius 2 is 1.68 bits per heavy atom. The molecule has 1 heterocycles. The highest BCUT2D eigenvalue weighted by molar-refractivity contribution is 6.30. The maximum atomic E-state index is 12.7. The van der Waals surface area contributed by atoms with Crippen molar-refractivity contribution in [1.29, 1.82) is 0 Å². The van der Waals surface area contributed by atoms with Crippen LogP contribution in [0.1, 0.15) is 18.9 Å². The van der Waals surface area contributed by atoms with Gasteiger partial charge in [-0.1, -0.05) is 48.0 Å². The van der Waals surface area contributed by atoms with Gasteiger partial charge in [-0.05, 0) is 42.7 Å². The van der Waals surface area contributed by atoms with E-state index < -0.39 is 0 Å². The fraction of sp³-hybridized carbons (Fsp3) is 0.273. The summed E-state index contributed by atoms with van der Waals surface area (Å²) in [5.41, 5.74) is 2.63. The number of nitrogens with one attached hydrogen (secondary N) is 1. The average molecular weight is 398 g/mol. The molecule has 0 saturated carbocycles. The Bertz CT molecular complexity index is 867. The zero-order valence-corrected chi connectivity index (χ0v) is 16.7. The highest BCUT2D eigenvalue weighted by Crippen LogP contribution is 2.17. The first-order valence-corrected chi connectivity index (χ1v) is 9.75. The molecule has 0 aromatic heterocycles. The minimum absolute atomic E-state index is 0.0153. The van der Waals surface area contributed by atoms with Crippen molar-refractivity contribution >= 4 is 34.8 Å². The van der Waals surface area contributed by atoms with Crippen LogP contribution in [0.5, 0.6) is 0 Å². The summed E-state index contributed by atoms with van der Waals surface area (Å²) in [4.78, 5) is 28.7. The van der Waals surface area contributed by atoms with Gasteiger partial charge in [-0.15, -0.1) is 0 Å². The van der Waals surface area contributed by atoms with Crippen LogP contribution in [-0.4, -0.2) is 47.9 Å². The van der Waals surface area contributed by atoms with Crippen molar-refractivity contribution in [2.24, 2.45) is 0 Å². The predicted molar refractivity (Wildman–Crippen MR) is 113 cm³/mol. The molecule has 3 amide bonds. The Balaban J connectivity index is 1.58. The topological polar surface area (TPSA) is 52.7 Å². The third-order valence-electron chi connectivity index (χ3n) is 4.74. The van der Waals surface area contributed by atoms with Gasteiger partial charge in [0.15, 0.2) is 0 Å². The maximum Gasteiger partial charge on any atom is 0.321 e. The first kappa shape index (κ1) is 20.0. The Labute approximate surface area is 170 Å². The van der Waals surface area contributed by atoms with Crippen molar-refractivity contribution in [1.82, 2.24) is 9.80 Å². The Morgan fingerprint density at radius 3 is 2.43 bits per heavy atom. The lowest BCUT2D eigenvalue weighted by Crippen LogP contribution is -2.39. The predicted octanol–water partition coefficient (Wildman–Crippen LogP) is 4.51. The number of amides is 3. The molecule has 0 spiro atoms. The number of halogens is 1. The molecule has 146 valence electrons. The van der Waals surface area contributed by atoms with Gasteiger partial charge >= 0.3 is 6.03 Å². The molecule has 2 aromatic carbocycles. The van der Waals surface area contributed by atoms with Gasteiger partial charge in [0.05, 0.1) is 0 Å². The summed E-state index contributed by atoms with van der Waals surface area (Å²) in [7, 11) is 0. The fourth-order valence-electron chi connectivity index (χ4n) is 3.17. The fourth-order valence-corrected chi connectivity index (χ4v) is 3.36. The Hall–Kier alpha value is -2.79. The molecule has 3 rings (SSSR count). The van der Waals surface area contributed by atoms with Crippen LogP contribution < -0.4 is 5.32 Å². The molecule has 0 atom stereocenters. The SMILES string of the molecule is C/C(=C\C(=O)N1CCCN(C(=O)Nc2cccc(Cl)c2)CC1)c1ccccc1. The summed E-state index contributed by atoms with van der Waals surface area (Å²) < 4.78 is 0. The first-order chi connectivity index (χ1) is 13.5. The largest absolute Gasteiger partial charge is 0.337 e. The molecule has 28 heavy (non-hydrogen) atoms. The molecule has 0 radical (unpaired) electrons. The van der Waals surface area contributed by atoms with Gasteiger partial charge in [0, 0.05) is 43.0 Å². The number of urea groups is 1. The minimum atomic E-state index is -0.174. The van der Waals surface area contributed by atoms with E-state index >= 15 is 0 Å². The van der Waals surface area contributed by atoms with Gasteiger partial charge in [0.25, 0.3) is 0 Å². The minimum Gasteiger partial charge on any atom is -0.337 e. The van der Waals surface area contributed by atoms with Crippen LogP contribution in [0.3, 0.4) is 0 Å². The number of anilines is 1. The van der Waals surface area contributed by atoms with E-state index in [4.69, 9.17) is 11.6 Å². The van der Waals surface area contributed by atoms with Gasteiger partial charge in [0.2, 0.25) is 5.91 Å². The standard InChI is InChI=1S/C22H24ClN3O2/c1-17(18-7-3-2-4-8-18)15-21(27)25-11-6-12-26(14-13-25)22(28)24-20-10-5-9-19(23)16-20/h2-5,7-10,15-16H,6,11-14H2,1H3,(H,24,28)/b17-15+. The highest BCUT2D eigenvalue weighted by Gasteiger charge is 2.21. The van der Waals surface area contributed by atoms with Gasteiger partial charge in [-0.25, -0.2) is 4.79 Å². The van der Waals surface area contributed by atoms with E-state index in [0.717, 1.165) is 17.6 Å². The number of carbonyl (C=O) groups excluding carboxylic acids is 2. The molecule has 0 bridgehead atoms. The van der Waals surface area contributed by atoms with Crippen molar-refractivity contribution in [2.45, 2.75) is 13.3 Å². The number of hydrogen-bond acceptors (Lipinski definition) is 2. The van der Waals surface area contributed by atoms with E-state index in [-0.39, 0.29) is 11.9 Å². The number of benzene rings is 2. The Morgan fingerprint density at radius 1 is 0.964 bits per heavy atom. The third kappa shape index (κ3) is 5.36. The van der Waals surface area contributed by atoms with Gasteiger partial charge in [-0.2, -0.15) is 0 Å². The van der Waals surface area contributed by atoms with Crippen molar-refractivity contribution in [3.05, 3.63) is 71.3 Å². The van der Waals surface area contributed by atoms with Gasteiger partial charge in [0.1, 0.15) is 0 Å². The van der Waals surface area contributed by atoms with Crippen LogP contribution in [-0.2, 0) is 4.79 Å². The van der Waals surface area contributed by atoms with E-state index in [2.05, 4.69) is 5.32 Å². The lowest BCUT2D eigenvalue weighted by Gasteiger charge is -2.22. The molecule has 0 unspecified atom stereocenters. The molecule has 1 aliphatic rings. The molecule has 6 heteroatoms. The molecular weight excluding hydrogens is 374 g/mol. The molecule has 0 aliphatic carbocycles. The normalized spacial score (nSPS) is 15.1. The second kappa shape index (κ2) is 9.42. The van der Waals surface area contributed by atoms with Crippen LogP contribution in [0, 0.1) is 0 Å². The summed E-state index contributed by atoms with van der Waals surface area (Å²) in [6.45, 7) is 4.20. The molecule has 1 fully saturated rings. The average Bonchev–Trinajstić information content (AvgIpc) is 2.95. The molecule has 1 saturated heterocycles. The van der Waals surface area contributed by atoms with E-state index in [9.17, 15) is 9.59 Å². The van der Waals surface area contributed by atoms with E-state index in [1.54, 1.807) is 40.1 Å². The maximum absolute atomic E-state index is 12.7.